The van der Waals surface area contributed by atoms with Crippen molar-refractivity contribution in [3.63, 3.8) is 0 Å². The second-order valence-electron chi connectivity index (χ2n) is 7.17. The van der Waals surface area contributed by atoms with E-state index in [2.05, 4.69) is 0 Å². The Labute approximate surface area is 187 Å². The summed E-state index contributed by atoms with van der Waals surface area (Å²) in [5.74, 6) is -0.928. The average Bonchev–Trinajstić information content (AvgIpc) is 2.76. The molecule has 0 spiro atoms. The number of aliphatic carboxylic acids is 1. The van der Waals surface area contributed by atoms with Crippen LogP contribution in [0.25, 0.3) is 0 Å². The zero-order valence-electron chi connectivity index (χ0n) is 17.3. The highest BCUT2D eigenvalue weighted by Gasteiger charge is 2.36. The van der Waals surface area contributed by atoms with Gasteiger partial charge in [-0.25, -0.2) is 4.79 Å². The van der Waals surface area contributed by atoms with E-state index in [1.54, 1.807) is 6.07 Å². The summed E-state index contributed by atoms with van der Waals surface area (Å²) in [4.78, 5) is 11.6. The van der Waals surface area contributed by atoms with Gasteiger partial charge >= 0.3 is 12.1 Å². The van der Waals surface area contributed by atoms with Crippen LogP contribution in [-0.2, 0) is 20.4 Å². The number of carbonyl (C=O) groups is 1. The van der Waals surface area contributed by atoms with E-state index in [4.69, 9.17) is 24.1 Å². The van der Waals surface area contributed by atoms with E-state index in [0.717, 1.165) is 29.0 Å². The molecule has 10 heteroatoms. The van der Waals surface area contributed by atoms with Crippen molar-refractivity contribution < 1.29 is 42.0 Å². The SMILES string of the molecule is Cc1cc(SCC2(COc3ccc(C(F)(F)F)cc3)OCCCO2)ccc1OCC(=O)O. The van der Waals surface area contributed by atoms with Gasteiger partial charge in [-0.3, -0.25) is 0 Å². The standard InChI is InChI=1S/C22H23F3O6S/c1-15-11-18(7-8-19(15)28-12-20(26)27)32-14-21(30-9-2-10-31-21)13-29-17-5-3-16(4-6-17)22(23,24)25/h3-8,11H,2,9-10,12-14H2,1H3,(H,26,27). The molecule has 1 aliphatic rings. The van der Waals surface area contributed by atoms with Crippen LogP contribution < -0.4 is 9.47 Å². The smallest absolute Gasteiger partial charge is 0.416 e. The minimum absolute atomic E-state index is 0.0180. The Morgan fingerprint density at radius 1 is 1.12 bits per heavy atom. The minimum Gasteiger partial charge on any atom is -0.488 e. The molecule has 3 rings (SSSR count). The van der Waals surface area contributed by atoms with Crippen LogP contribution in [0.5, 0.6) is 11.5 Å². The van der Waals surface area contributed by atoms with Crippen molar-refractivity contribution in [2.45, 2.75) is 30.2 Å². The van der Waals surface area contributed by atoms with Gasteiger partial charge < -0.3 is 24.1 Å². The monoisotopic (exact) mass is 472 g/mol. The fraction of sp³-hybridized carbons (Fsp3) is 0.409. The van der Waals surface area contributed by atoms with Crippen molar-refractivity contribution in [3.05, 3.63) is 53.6 Å². The summed E-state index contributed by atoms with van der Waals surface area (Å²) in [7, 11) is 0. The highest BCUT2D eigenvalue weighted by Crippen LogP contribution is 2.33. The zero-order chi connectivity index (χ0) is 23.2. The van der Waals surface area contributed by atoms with E-state index in [9.17, 15) is 18.0 Å². The molecule has 0 aliphatic carbocycles. The quantitative estimate of drug-likeness (QED) is 0.527. The van der Waals surface area contributed by atoms with Crippen molar-refractivity contribution >= 4 is 17.7 Å². The number of benzene rings is 2. The van der Waals surface area contributed by atoms with Crippen molar-refractivity contribution in [2.75, 3.05) is 32.2 Å². The maximum atomic E-state index is 12.7. The van der Waals surface area contributed by atoms with Crippen molar-refractivity contribution in [2.24, 2.45) is 0 Å². The lowest BCUT2D eigenvalue weighted by atomic mass is 10.2. The molecule has 0 amide bonds. The number of rotatable bonds is 9. The van der Waals surface area contributed by atoms with Gasteiger partial charge in [0.05, 0.1) is 24.5 Å². The molecule has 0 atom stereocenters. The normalized spacial score (nSPS) is 15.9. The number of thioether (sulfide) groups is 1. The van der Waals surface area contributed by atoms with Crippen LogP contribution in [0.4, 0.5) is 13.2 Å². The van der Waals surface area contributed by atoms with Gasteiger partial charge in [-0.2, -0.15) is 13.2 Å². The molecule has 1 saturated heterocycles. The van der Waals surface area contributed by atoms with Crippen LogP contribution in [-0.4, -0.2) is 49.0 Å². The van der Waals surface area contributed by atoms with Crippen molar-refractivity contribution in [1.82, 2.24) is 0 Å². The molecule has 0 saturated carbocycles. The predicted octanol–water partition coefficient (Wildman–Crippen LogP) is 4.78. The largest absolute Gasteiger partial charge is 0.488 e. The Bertz CT molecular complexity index is 911. The van der Waals surface area contributed by atoms with Crippen molar-refractivity contribution in [3.8, 4) is 11.5 Å². The number of halogens is 3. The van der Waals surface area contributed by atoms with E-state index in [-0.39, 0.29) is 12.4 Å². The van der Waals surface area contributed by atoms with E-state index in [0.29, 0.717) is 24.7 Å². The van der Waals surface area contributed by atoms with Crippen LogP contribution in [0.1, 0.15) is 17.5 Å². The maximum Gasteiger partial charge on any atom is 0.416 e. The number of carboxylic acids is 1. The Morgan fingerprint density at radius 2 is 1.81 bits per heavy atom. The molecular weight excluding hydrogens is 449 g/mol. The number of aryl methyl sites for hydroxylation is 1. The molecule has 1 N–H and O–H groups in total. The summed E-state index contributed by atoms with van der Waals surface area (Å²) in [6.07, 6.45) is -3.67. The molecule has 6 nitrogen and oxygen atoms in total. The second-order valence-corrected chi connectivity index (χ2v) is 8.22. The molecular formula is C22H23F3O6S. The van der Waals surface area contributed by atoms with Crippen molar-refractivity contribution in [1.29, 1.82) is 0 Å². The zero-order valence-corrected chi connectivity index (χ0v) is 18.1. The third kappa shape index (κ3) is 6.78. The van der Waals surface area contributed by atoms with E-state index < -0.39 is 30.1 Å². The van der Waals surface area contributed by atoms with Gasteiger partial charge in [0, 0.05) is 4.90 Å². The Kier molecular flexibility index (Phi) is 7.91. The molecule has 0 unspecified atom stereocenters. The molecule has 1 fully saturated rings. The summed E-state index contributed by atoms with van der Waals surface area (Å²) >= 11 is 1.46. The van der Waals surface area contributed by atoms with Gasteiger partial charge in [0.2, 0.25) is 5.79 Å². The van der Waals surface area contributed by atoms with Gasteiger partial charge in [-0.05, 0) is 61.4 Å². The molecule has 1 heterocycles. The molecule has 0 radical (unpaired) electrons. The molecule has 32 heavy (non-hydrogen) atoms. The molecule has 2 aromatic rings. The Balaban J connectivity index is 1.62. The number of carboxylic acid groups (broad SMARTS) is 1. The maximum absolute atomic E-state index is 12.7. The van der Waals surface area contributed by atoms with Crippen LogP contribution >= 0.6 is 11.8 Å². The summed E-state index contributed by atoms with van der Waals surface area (Å²) in [5, 5.41) is 8.74. The summed E-state index contributed by atoms with van der Waals surface area (Å²) in [5.41, 5.74) is 0.0446. The molecule has 174 valence electrons. The third-order valence-corrected chi connectivity index (χ3v) is 5.79. The number of hydrogen-bond acceptors (Lipinski definition) is 6. The summed E-state index contributed by atoms with van der Waals surface area (Å²) in [6.45, 7) is 2.39. The van der Waals surface area contributed by atoms with E-state index in [1.165, 1.54) is 23.9 Å². The number of ether oxygens (including phenoxy) is 4. The van der Waals surface area contributed by atoms with Gasteiger partial charge in [0.25, 0.3) is 0 Å². The second kappa shape index (κ2) is 10.5. The van der Waals surface area contributed by atoms with Gasteiger partial charge in [0.1, 0.15) is 18.1 Å². The lowest BCUT2D eigenvalue weighted by Gasteiger charge is -2.36. The fourth-order valence-electron chi connectivity index (χ4n) is 2.97. The first-order valence-corrected chi connectivity index (χ1v) is 10.8. The lowest BCUT2D eigenvalue weighted by molar-refractivity contribution is -0.263. The molecule has 1 aliphatic heterocycles. The number of hydrogen-bond donors (Lipinski definition) is 1. The molecule has 0 aromatic heterocycles. The van der Waals surface area contributed by atoms with Gasteiger partial charge in [-0.15, -0.1) is 11.8 Å². The highest BCUT2D eigenvalue weighted by molar-refractivity contribution is 7.99. The van der Waals surface area contributed by atoms with Gasteiger partial charge in [-0.1, -0.05) is 0 Å². The predicted molar refractivity (Wildman–Crippen MR) is 111 cm³/mol. The van der Waals surface area contributed by atoms with E-state index >= 15 is 0 Å². The van der Waals surface area contributed by atoms with Crippen LogP contribution in [0, 0.1) is 6.92 Å². The minimum atomic E-state index is -4.40. The first-order chi connectivity index (χ1) is 15.2. The molecule has 0 bridgehead atoms. The van der Waals surface area contributed by atoms with Crippen LogP contribution in [0.15, 0.2) is 47.4 Å². The first-order valence-electron chi connectivity index (χ1n) is 9.83. The molecule has 2 aromatic carbocycles. The average molecular weight is 472 g/mol. The highest BCUT2D eigenvalue weighted by atomic mass is 32.2. The van der Waals surface area contributed by atoms with Crippen LogP contribution in [0.3, 0.4) is 0 Å². The number of alkyl halides is 3. The third-order valence-electron chi connectivity index (χ3n) is 4.62. The summed E-state index contributed by atoms with van der Waals surface area (Å²) in [6, 6.07) is 9.86. The Hall–Kier alpha value is -2.43. The topological polar surface area (TPSA) is 74.2 Å². The summed E-state index contributed by atoms with van der Waals surface area (Å²) < 4.78 is 60.9. The fourth-order valence-corrected chi connectivity index (χ4v) is 4.03. The Morgan fingerprint density at radius 3 is 2.41 bits per heavy atom. The van der Waals surface area contributed by atoms with E-state index in [1.807, 2.05) is 19.1 Å². The van der Waals surface area contributed by atoms with Crippen LogP contribution in [0.2, 0.25) is 0 Å². The van der Waals surface area contributed by atoms with Gasteiger partial charge in [0.15, 0.2) is 6.61 Å². The first kappa shape index (κ1) is 24.2. The lowest BCUT2D eigenvalue weighted by Crippen LogP contribution is -2.48.